The van der Waals surface area contributed by atoms with Crippen molar-refractivity contribution >= 4 is 34.5 Å². The second kappa shape index (κ2) is 9.49. The first kappa shape index (κ1) is 21.9. The van der Waals surface area contributed by atoms with E-state index in [1.54, 1.807) is 10.9 Å². The van der Waals surface area contributed by atoms with Crippen LogP contribution in [0.15, 0.2) is 6.33 Å². The fourth-order valence-electron chi connectivity index (χ4n) is 5.53. The molecular formula is C22H32ClN7O2. The Morgan fingerprint density at radius 1 is 1.16 bits per heavy atom. The lowest BCUT2D eigenvalue weighted by molar-refractivity contribution is -0.131. The van der Waals surface area contributed by atoms with Gasteiger partial charge in [0.25, 0.3) is 0 Å². The number of rotatable bonds is 5. The highest BCUT2D eigenvalue weighted by molar-refractivity contribution is 6.28. The van der Waals surface area contributed by atoms with Crippen LogP contribution in [-0.4, -0.2) is 94.3 Å². The SMILES string of the molecule is CN(CC1CCCN2CCCCC12)C(=O)Cn1cnc2c(N3CCOCC3)nc(Cl)nc21. The van der Waals surface area contributed by atoms with Gasteiger partial charge in [-0.3, -0.25) is 4.79 Å². The fourth-order valence-corrected chi connectivity index (χ4v) is 5.69. The molecule has 5 rings (SSSR count). The van der Waals surface area contributed by atoms with Crippen LogP contribution in [0, 0.1) is 5.92 Å². The Labute approximate surface area is 193 Å². The Morgan fingerprint density at radius 2 is 1.97 bits per heavy atom. The summed E-state index contributed by atoms with van der Waals surface area (Å²) in [5.74, 6) is 1.34. The number of fused-ring (bicyclic) bond motifs is 2. The number of anilines is 1. The molecule has 3 aliphatic rings. The number of morpholine rings is 1. The Morgan fingerprint density at radius 3 is 2.81 bits per heavy atom. The smallest absolute Gasteiger partial charge is 0.242 e. The maximum atomic E-state index is 13.1. The third kappa shape index (κ3) is 4.43. The zero-order valence-electron chi connectivity index (χ0n) is 18.7. The Kier molecular flexibility index (Phi) is 6.48. The second-order valence-electron chi connectivity index (χ2n) is 9.24. The van der Waals surface area contributed by atoms with Crippen LogP contribution >= 0.6 is 11.6 Å². The molecule has 2 unspecified atom stereocenters. The zero-order chi connectivity index (χ0) is 22.1. The molecule has 3 aliphatic heterocycles. The van der Waals surface area contributed by atoms with Crippen LogP contribution in [-0.2, 0) is 16.1 Å². The van der Waals surface area contributed by atoms with Crippen molar-refractivity contribution in [2.75, 3.05) is 57.9 Å². The molecule has 0 aliphatic carbocycles. The van der Waals surface area contributed by atoms with Gasteiger partial charge in [-0.2, -0.15) is 9.97 Å². The quantitative estimate of drug-likeness (QED) is 0.630. The molecule has 2 aromatic rings. The lowest BCUT2D eigenvalue weighted by Gasteiger charge is -2.45. The van der Waals surface area contributed by atoms with E-state index in [0.717, 1.165) is 19.6 Å². The maximum Gasteiger partial charge on any atom is 0.242 e. The van der Waals surface area contributed by atoms with E-state index in [-0.39, 0.29) is 17.7 Å². The highest BCUT2D eigenvalue weighted by Crippen LogP contribution is 2.31. The topological polar surface area (TPSA) is 79.6 Å². The van der Waals surface area contributed by atoms with Gasteiger partial charge in [0.15, 0.2) is 17.0 Å². The molecule has 10 heteroatoms. The molecule has 0 radical (unpaired) electrons. The summed E-state index contributed by atoms with van der Waals surface area (Å²) < 4.78 is 7.24. The van der Waals surface area contributed by atoms with Crippen LogP contribution in [0.5, 0.6) is 0 Å². The van der Waals surface area contributed by atoms with Crippen molar-refractivity contribution in [1.82, 2.24) is 29.3 Å². The van der Waals surface area contributed by atoms with Crippen molar-refractivity contribution in [1.29, 1.82) is 0 Å². The van der Waals surface area contributed by atoms with Gasteiger partial charge in [-0.15, -0.1) is 0 Å². The number of hydrogen-bond donors (Lipinski definition) is 0. The van der Waals surface area contributed by atoms with E-state index >= 15 is 0 Å². The van der Waals surface area contributed by atoms with Crippen LogP contribution < -0.4 is 4.90 Å². The average molecular weight is 462 g/mol. The van der Waals surface area contributed by atoms with Crippen molar-refractivity contribution in [2.24, 2.45) is 5.92 Å². The second-order valence-corrected chi connectivity index (χ2v) is 9.57. The molecule has 32 heavy (non-hydrogen) atoms. The standard InChI is InChI=1S/C22H32ClN7O2/c1-27(13-16-5-4-8-28-7-3-2-6-17(16)28)18(31)14-30-15-24-19-20(25-22(23)26-21(19)30)29-9-11-32-12-10-29/h15-17H,2-14H2,1H3. The van der Waals surface area contributed by atoms with E-state index in [2.05, 4.69) is 24.8 Å². The van der Waals surface area contributed by atoms with E-state index in [9.17, 15) is 4.79 Å². The Balaban J connectivity index is 1.29. The number of hydrogen-bond acceptors (Lipinski definition) is 7. The highest BCUT2D eigenvalue weighted by atomic mass is 35.5. The first-order valence-corrected chi connectivity index (χ1v) is 12.2. The fraction of sp³-hybridized carbons (Fsp3) is 0.727. The predicted molar refractivity (Wildman–Crippen MR) is 123 cm³/mol. The number of piperidine rings is 2. The monoisotopic (exact) mass is 461 g/mol. The maximum absolute atomic E-state index is 13.1. The summed E-state index contributed by atoms with van der Waals surface area (Å²) >= 11 is 6.24. The van der Waals surface area contributed by atoms with Gasteiger partial charge in [-0.05, 0) is 56.3 Å². The molecule has 3 fully saturated rings. The van der Waals surface area contributed by atoms with Crippen molar-refractivity contribution < 1.29 is 9.53 Å². The Hall–Kier alpha value is -1.97. The van der Waals surface area contributed by atoms with Gasteiger partial charge < -0.3 is 24.0 Å². The van der Waals surface area contributed by atoms with Crippen molar-refractivity contribution in [3.8, 4) is 0 Å². The van der Waals surface area contributed by atoms with E-state index in [1.165, 1.54) is 45.2 Å². The molecule has 2 atom stereocenters. The minimum Gasteiger partial charge on any atom is -0.378 e. The molecule has 0 N–H and O–H groups in total. The molecule has 174 valence electrons. The number of nitrogens with zero attached hydrogens (tertiary/aromatic N) is 7. The summed E-state index contributed by atoms with van der Waals surface area (Å²) in [5.41, 5.74) is 1.28. The largest absolute Gasteiger partial charge is 0.378 e. The minimum absolute atomic E-state index is 0.0693. The van der Waals surface area contributed by atoms with Crippen LogP contribution in [0.2, 0.25) is 5.28 Å². The van der Waals surface area contributed by atoms with Crippen molar-refractivity contribution in [3.05, 3.63) is 11.6 Å². The summed E-state index contributed by atoms with van der Waals surface area (Å²) in [6.45, 7) is 6.19. The molecule has 0 saturated carbocycles. The third-order valence-corrected chi connectivity index (χ3v) is 7.37. The first-order valence-electron chi connectivity index (χ1n) is 11.8. The predicted octanol–water partition coefficient (Wildman–Crippen LogP) is 2.04. The summed E-state index contributed by atoms with van der Waals surface area (Å²) in [4.78, 5) is 33.1. The number of carbonyl (C=O) groups excluding carboxylic acids is 1. The molecule has 0 bridgehead atoms. The van der Waals surface area contributed by atoms with Gasteiger partial charge in [0.1, 0.15) is 6.54 Å². The number of imidazole rings is 1. The molecule has 0 aromatic carbocycles. The van der Waals surface area contributed by atoms with E-state index in [0.29, 0.717) is 42.2 Å². The summed E-state index contributed by atoms with van der Waals surface area (Å²) in [5, 5.41) is 0.168. The summed E-state index contributed by atoms with van der Waals surface area (Å²) in [7, 11) is 1.92. The number of amides is 1. The van der Waals surface area contributed by atoms with Crippen LogP contribution in [0.25, 0.3) is 11.2 Å². The number of carbonyl (C=O) groups is 1. The molecule has 0 spiro atoms. The molecule has 1 amide bonds. The number of aromatic nitrogens is 4. The molecule has 5 heterocycles. The highest BCUT2D eigenvalue weighted by Gasteiger charge is 2.34. The third-order valence-electron chi connectivity index (χ3n) is 7.20. The number of ether oxygens (including phenoxy) is 1. The molecule has 2 aromatic heterocycles. The summed E-state index contributed by atoms with van der Waals surface area (Å²) in [6.07, 6.45) is 7.99. The van der Waals surface area contributed by atoms with Gasteiger partial charge in [0.2, 0.25) is 11.2 Å². The van der Waals surface area contributed by atoms with Gasteiger partial charge in [0, 0.05) is 32.7 Å². The number of halogens is 1. The minimum atomic E-state index is 0.0693. The van der Waals surface area contributed by atoms with Gasteiger partial charge >= 0.3 is 0 Å². The first-order chi connectivity index (χ1) is 15.6. The van der Waals surface area contributed by atoms with Crippen LogP contribution in [0.3, 0.4) is 0 Å². The van der Waals surface area contributed by atoms with Crippen molar-refractivity contribution in [3.63, 3.8) is 0 Å². The molecular weight excluding hydrogens is 430 g/mol. The van der Waals surface area contributed by atoms with Gasteiger partial charge in [-0.1, -0.05) is 6.42 Å². The van der Waals surface area contributed by atoms with Crippen LogP contribution in [0.4, 0.5) is 5.82 Å². The summed E-state index contributed by atoms with van der Waals surface area (Å²) in [6, 6.07) is 0.629. The lowest BCUT2D eigenvalue weighted by Crippen LogP contribution is -2.51. The number of likely N-dealkylation sites (N-methyl/N-ethyl adjacent to an activating group) is 1. The van der Waals surface area contributed by atoms with E-state index in [1.807, 2.05) is 11.9 Å². The molecule has 9 nitrogen and oxygen atoms in total. The zero-order valence-corrected chi connectivity index (χ0v) is 19.5. The van der Waals surface area contributed by atoms with E-state index < -0.39 is 0 Å². The van der Waals surface area contributed by atoms with Gasteiger partial charge in [0.05, 0.1) is 19.5 Å². The van der Waals surface area contributed by atoms with E-state index in [4.69, 9.17) is 16.3 Å². The van der Waals surface area contributed by atoms with Crippen molar-refractivity contribution in [2.45, 2.75) is 44.7 Å². The molecule has 3 saturated heterocycles. The normalized spacial score (nSPS) is 24.5. The average Bonchev–Trinajstić information content (AvgIpc) is 3.21. The van der Waals surface area contributed by atoms with Gasteiger partial charge in [-0.25, -0.2) is 4.98 Å². The Bertz CT molecular complexity index is 959. The lowest BCUT2D eigenvalue weighted by atomic mass is 9.83. The van der Waals surface area contributed by atoms with Crippen LogP contribution in [0.1, 0.15) is 32.1 Å².